The zero-order valence-electron chi connectivity index (χ0n) is 15.5. The van der Waals surface area contributed by atoms with Gasteiger partial charge in [0, 0.05) is 32.2 Å². The van der Waals surface area contributed by atoms with Crippen molar-refractivity contribution >= 4 is 5.91 Å². The van der Waals surface area contributed by atoms with Gasteiger partial charge >= 0.3 is 0 Å². The summed E-state index contributed by atoms with van der Waals surface area (Å²) >= 11 is 0. The lowest BCUT2D eigenvalue weighted by Gasteiger charge is -2.36. The van der Waals surface area contributed by atoms with Crippen LogP contribution in [-0.2, 0) is 6.54 Å². The fraction of sp³-hybridized carbons (Fsp3) is 0.409. The van der Waals surface area contributed by atoms with Gasteiger partial charge in [-0.2, -0.15) is 0 Å². The molecule has 0 unspecified atom stereocenters. The molecule has 2 bridgehead atoms. The maximum Gasteiger partial charge on any atom is 0.257 e. The molecule has 2 aromatic rings. The molecule has 0 aromatic heterocycles. The quantitative estimate of drug-likeness (QED) is 0.815. The van der Waals surface area contributed by atoms with E-state index in [4.69, 9.17) is 0 Å². The third-order valence-electron chi connectivity index (χ3n) is 5.85. The maximum absolute atomic E-state index is 14.3. The van der Waals surface area contributed by atoms with Crippen LogP contribution in [0.15, 0.2) is 42.5 Å². The third kappa shape index (κ3) is 3.61. The second-order valence-electron chi connectivity index (χ2n) is 7.78. The first-order chi connectivity index (χ1) is 13.0. The lowest BCUT2D eigenvalue weighted by molar-refractivity contribution is 0.0730. The average Bonchev–Trinajstić information content (AvgIpc) is 2.98. The van der Waals surface area contributed by atoms with E-state index in [2.05, 4.69) is 17.0 Å². The Kier molecular flexibility index (Phi) is 4.96. The molecule has 3 fully saturated rings. The number of nitrogens with zero attached hydrogens (tertiary/aromatic N) is 2. The third-order valence-corrected chi connectivity index (χ3v) is 5.85. The van der Waals surface area contributed by atoms with Crippen molar-refractivity contribution in [3.05, 3.63) is 70.8 Å². The van der Waals surface area contributed by atoms with Crippen molar-refractivity contribution in [1.29, 1.82) is 0 Å². The van der Waals surface area contributed by atoms with Crippen LogP contribution in [0.1, 0.15) is 34.3 Å². The highest BCUT2D eigenvalue weighted by atomic mass is 19.2. The van der Waals surface area contributed by atoms with Gasteiger partial charge in [0.1, 0.15) is 0 Å². The van der Waals surface area contributed by atoms with E-state index in [0.717, 1.165) is 25.9 Å². The minimum absolute atomic E-state index is 0.158. The van der Waals surface area contributed by atoms with Crippen LogP contribution < -0.4 is 0 Å². The average molecular weight is 370 g/mol. The van der Waals surface area contributed by atoms with Crippen LogP contribution >= 0.6 is 0 Å². The molecule has 3 saturated heterocycles. The molecule has 3 nitrogen and oxygen atoms in total. The number of carbonyl (C=O) groups is 1. The standard InChI is InChI=1S/C22H24F2N2O/c1-15-7-10-19(21(24)20(15)23)22(27)26-13-17-8-9-18(14-26)25(12-17)11-16-5-3-2-4-6-16/h2-7,10,17-18H,8-9,11-14H2,1H3/t17-,18-/m1/s1. The van der Waals surface area contributed by atoms with E-state index in [0.29, 0.717) is 19.0 Å². The van der Waals surface area contributed by atoms with Crippen LogP contribution in [0.3, 0.4) is 0 Å². The first kappa shape index (κ1) is 18.1. The van der Waals surface area contributed by atoms with E-state index >= 15 is 0 Å². The van der Waals surface area contributed by atoms with Crippen LogP contribution in [0.2, 0.25) is 0 Å². The van der Waals surface area contributed by atoms with Gasteiger partial charge < -0.3 is 4.90 Å². The summed E-state index contributed by atoms with van der Waals surface area (Å²) in [5.74, 6) is -1.98. The highest BCUT2D eigenvalue weighted by molar-refractivity contribution is 5.94. The number of piperidine rings is 1. The summed E-state index contributed by atoms with van der Waals surface area (Å²) in [5.41, 5.74) is 1.32. The lowest BCUT2D eigenvalue weighted by Crippen LogP contribution is -2.44. The van der Waals surface area contributed by atoms with Crippen molar-refractivity contribution in [2.45, 2.75) is 32.4 Å². The van der Waals surface area contributed by atoms with E-state index < -0.39 is 17.5 Å². The largest absolute Gasteiger partial charge is 0.337 e. The lowest BCUT2D eigenvalue weighted by atomic mass is 9.94. The Morgan fingerprint density at radius 3 is 2.56 bits per heavy atom. The smallest absolute Gasteiger partial charge is 0.257 e. The van der Waals surface area contributed by atoms with Crippen molar-refractivity contribution in [2.24, 2.45) is 5.92 Å². The summed E-state index contributed by atoms with van der Waals surface area (Å²) in [5, 5.41) is 0. The van der Waals surface area contributed by atoms with Crippen LogP contribution in [0.25, 0.3) is 0 Å². The van der Waals surface area contributed by atoms with Gasteiger partial charge in [0.25, 0.3) is 5.91 Å². The van der Waals surface area contributed by atoms with E-state index in [1.54, 1.807) is 4.90 Å². The molecule has 0 radical (unpaired) electrons. The topological polar surface area (TPSA) is 23.6 Å². The van der Waals surface area contributed by atoms with Crippen molar-refractivity contribution in [2.75, 3.05) is 19.6 Å². The van der Waals surface area contributed by atoms with Gasteiger partial charge in [-0.25, -0.2) is 8.78 Å². The monoisotopic (exact) mass is 370 g/mol. The zero-order chi connectivity index (χ0) is 19.0. The van der Waals surface area contributed by atoms with Gasteiger partial charge in [-0.3, -0.25) is 9.69 Å². The number of amides is 1. The van der Waals surface area contributed by atoms with Crippen LogP contribution in [-0.4, -0.2) is 41.4 Å². The Bertz CT molecular complexity index is 840. The van der Waals surface area contributed by atoms with Crippen LogP contribution in [0, 0.1) is 24.5 Å². The molecule has 2 aromatic carbocycles. The maximum atomic E-state index is 14.3. The van der Waals surface area contributed by atoms with Crippen LogP contribution in [0.5, 0.6) is 0 Å². The predicted molar refractivity (Wildman–Crippen MR) is 100 cm³/mol. The Morgan fingerprint density at radius 1 is 1.00 bits per heavy atom. The molecule has 5 rings (SSSR count). The molecule has 3 heterocycles. The van der Waals surface area contributed by atoms with Gasteiger partial charge in [0.05, 0.1) is 5.56 Å². The van der Waals surface area contributed by atoms with Crippen LogP contribution in [0.4, 0.5) is 8.78 Å². The number of hydrogen-bond donors (Lipinski definition) is 0. The molecule has 0 spiro atoms. The van der Waals surface area contributed by atoms with Crippen molar-refractivity contribution in [1.82, 2.24) is 9.80 Å². The second-order valence-corrected chi connectivity index (χ2v) is 7.78. The summed E-state index contributed by atoms with van der Waals surface area (Å²) in [6.45, 7) is 4.47. The number of carbonyl (C=O) groups excluding carboxylic acids is 1. The number of hydrogen-bond acceptors (Lipinski definition) is 2. The van der Waals surface area contributed by atoms with E-state index in [1.807, 2.05) is 18.2 Å². The summed E-state index contributed by atoms with van der Waals surface area (Å²) in [6, 6.07) is 13.5. The van der Waals surface area contributed by atoms with E-state index in [9.17, 15) is 13.6 Å². The number of fused-ring (bicyclic) bond motifs is 4. The Labute approximate surface area is 158 Å². The minimum Gasteiger partial charge on any atom is -0.337 e. The van der Waals surface area contributed by atoms with Gasteiger partial charge in [-0.05, 0) is 42.9 Å². The number of halogens is 2. The number of rotatable bonds is 3. The second kappa shape index (κ2) is 7.39. The molecule has 5 heteroatoms. The summed E-state index contributed by atoms with van der Waals surface area (Å²) < 4.78 is 28.2. The predicted octanol–water partition coefficient (Wildman–Crippen LogP) is 4.01. The van der Waals surface area contributed by atoms with Gasteiger partial charge in [-0.15, -0.1) is 0 Å². The Hall–Kier alpha value is -2.27. The normalized spacial score (nSPS) is 22.7. The summed E-state index contributed by atoms with van der Waals surface area (Å²) in [4.78, 5) is 17.1. The van der Waals surface area contributed by atoms with Gasteiger partial charge in [0.15, 0.2) is 11.6 Å². The fourth-order valence-corrected chi connectivity index (χ4v) is 4.34. The molecule has 0 aliphatic carbocycles. The van der Waals surface area contributed by atoms with Gasteiger partial charge in [0.2, 0.25) is 0 Å². The Balaban J connectivity index is 1.53. The van der Waals surface area contributed by atoms with Crippen molar-refractivity contribution in [3.8, 4) is 0 Å². The summed E-state index contributed by atoms with van der Waals surface area (Å²) in [7, 11) is 0. The first-order valence-electron chi connectivity index (χ1n) is 9.54. The first-order valence-corrected chi connectivity index (χ1v) is 9.54. The Morgan fingerprint density at radius 2 is 1.78 bits per heavy atom. The van der Waals surface area contributed by atoms with Crippen molar-refractivity contribution in [3.63, 3.8) is 0 Å². The molecule has 142 valence electrons. The molecule has 0 saturated carbocycles. The fourth-order valence-electron chi connectivity index (χ4n) is 4.34. The molecule has 1 amide bonds. The number of benzene rings is 2. The highest BCUT2D eigenvalue weighted by Crippen LogP contribution is 2.30. The van der Waals surface area contributed by atoms with E-state index in [-0.39, 0.29) is 17.2 Å². The van der Waals surface area contributed by atoms with Crippen molar-refractivity contribution < 1.29 is 13.6 Å². The van der Waals surface area contributed by atoms with E-state index in [1.165, 1.54) is 24.6 Å². The molecule has 0 N–H and O–H groups in total. The molecule has 3 aliphatic heterocycles. The summed E-state index contributed by atoms with van der Waals surface area (Å²) in [6.07, 6.45) is 2.11. The molecule has 3 aliphatic rings. The molecule has 27 heavy (non-hydrogen) atoms. The zero-order valence-corrected chi connectivity index (χ0v) is 15.5. The van der Waals surface area contributed by atoms with Gasteiger partial charge in [-0.1, -0.05) is 36.4 Å². The minimum atomic E-state index is -1.03. The number of aryl methyl sites for hydroxylation is 1. The molecule has 2 atom stereocenters. The molecular formula is C22H24F2N2O. The molecular weight excluding hydrogens is 346 g/mol. The highest BCUT2D eigenvalue weighted by Gasteiger charge is 2.37. The SMILES string of the molecule is Cc1ccc(C(=O)N2C[C@@H]3CC[C@H](C2)N(Cc2ccccc2)C3)c(F)c1F.